The lowest BCUT2D eigenvalue weighted by Gasteiger charge is -2.29. The van der Waals surface area contributed by atoms with Gasteiger partial charge in [0.25, 0.3) is 0 Å². The molecule has 86 valence electrons. The number of carbonyl (C=O) groups is 1. The largest absolute Gasteiger partial charge is 0.350 e. The zero-order valence-electron chi connectivity index (χ0n) is 8.84. The molecule has 1 fully saturated rings. The normalized spacial score (nSPS) is 18.8. The number of rotatable bonds is 4. The number of halogens is 1. The second-order valence-corrected chi connectivity index (χ2v) is 4.44. The van der Waals surface area contributed by atoms with E-state index in [4.69, 9.17) is 17.3 Å². The highest BCUT2D eigenvalue weighted by atomic mass is 35.5. The van der Waals surface area contributed by atoms with Gasteiger partial charge in [-0.3, -0.25) is 9.69 Å². The monoisotopic (exact) mass is 231 g/mol. The number of hydrogen-bond donors (Lipinski definition) is 2. The molecule has 1 saturated heterocycles. The Morgan fingerprint density at radius 3 is 2.67 bits per heavy atom. The van der Waals surface area contributed by atoms with E-state index in [2.05, 4.69) is 16.8 Å². The van der Waals surface area contributed by atoms with Crippen molar-refractivity contribution in [2.75, 3.05) is 26.2 Å². The van der Waals surface area contributed by atoms with Crippen LogP contribution < -0.4 is 11.1 Å². The van der Waals surface area contributed by atoms with Crippen LogP contribution in [-0.2, 0) is 4.79 Å². The van der Waals surface area contributed by atoms with Crippen molar-refractivity contribution in [2.24, 2.45) is 5.73 Å². The van der Waals surface area contributed by atoms with Gasteiger partial charge in [-0.2, -0.15) is 0 Å². The van der Waals surface area contributed by atoms with Crippen molar-refractivity contribution >= 4 is 17.5 Å². The first-order valence-electron chi connectivity index (χ1n) is 5.16. The minimum absolute atomic E-state index is 0.00716. The van der Waals surface area contributed by atoms with Gasteiger partial charge in [-0.1, -0.05) is 18.2 Å². The molecule has 4 nitrogen and oxygen atoms in total. The van der Waals surface area contributed by atoms with Crippen LogP contribution in [0.25, 0.3) is 0 Å². The molecule has 0 bridgehead atoms. The van der Waals surface area contributed by atoms with Crippen LogP contribution >= 0.6 is 11.6 Å². The third-order valence-corrected chi connectivity index (χ3v) is 2.61. The average molecular weight is 232 g/mol. The summed E-state index contributed by atoms with van der Waals surface area (Å²) in [6.45, 7) is 6.07. The molecule has 0 unspecified atom stereocenters. The van der Waals surface area contributed by atoms with Crippen LogP contribution in [-0.4, -0.2) is 43.0 Å². The molecule has 3 N–H and O–H groups in total. The summed E-state index contributed by atoms with van der Waals surface area (Å²) in [7, 11) is 0. The molecular formula is C10H18ClN3O. The van der Waals surface area contributed by atoms with E-state index >= 15 is 0 Å². The van der Waals surface area contributed by atoms with E-state index < -0.39 is 0 Å². The van der Waals surface area contributed by atoms with Crippen LogP contribution in [0.5, 0.6) is 0 Å². The fourth-order valence-corrected chi connectivity index (χ4v) is 1.63. The summed E-state index contributed by atoms with van der Waals surface area (Å²) >= 11 is 5.54. The number of likely N-dealkylation sites (tertiary alicyclic amines) is 1. The van der Waals surface area contributed by atoms with Gasteiger partial charge in [-0.25, -0.2) is 0 Å². The summed E-state index contributed by atoms with van der Waals surface area (Å²) in [5.74, 6) is -0.00716. The Bertz CT molecular complexity index is 237. The van der Waals surface area contributed by atoms with Crippen molar-refractivity contribution in [1.29, 1.82) is 0 Å². The lowest BCUT2D eigenvalue weighted by atomic mass is 10.1. The van der Waals surface area contributed by atoms with Crippen LogP contribution in [0.1, 0.15) is 12.8 Å². The van der Waals surface area contributed by atoms with Gasteiger partial charge in [-0.05, 0) is 12.8 Å². The van der Waals surface area contributed by atoms with Crippen molar-refractivity contribution in [1.82, 2.24) is 10.2 Å². The minimum atomic E-state index is -0.00716. The van der Waals surface area contributed by atoms with E-state index in [9.17, 15) is 4.79 Å². The first kappa shape index (κ1) is 12.5. The molecule has 15 heavy (non-hydrogen) atoms. The van der Waals surface area contributed by atoms with Crippen molar-refractivity contribution in [3.05, 3.63) is 11.6 Å². The maximum Gasteiger partial charge on any atom is 0.234 e. The highest BCUT2D eigenvalue weighted by Gasteiger charge is 2.17. The van der Waals surface area contributed by atoms with Crippen molar-refractivity contribution in [3.63, 3.8) is 0 Å². The molecule has 0 radical (unpaired) electrons. The second kappa shape index (κ2) is 6.10. The molecule has 0 atom stereocenters. The molecule has 1 heterocycles. The Morgan fingerprint density at radius 2 is 2.13 bits per heavy atom. The summed E-state index contributed by atoms with van der Waals surface area (Å²) in [6, 6.07) is 0.298. The van der Waals surface area contributed by atoms with Gasteiger partial charge in [0, 0.05) is 24.2 Å². The van der Waals surface area contributed by atoms with Crippen LogP contribution in [0.4, 0.5) is 0 Å². The number of nitrogens with zero attached hydrogens (tertiary/aromatic N) is 1. The highest BCUT2D eigenvalue weighted by molar-refractivity contribution is 6.29. The molecule has 0 aromatic carbocycles. The van der Waals surface area contributed by atoms with Gasteiger partial charge >= 0.3 is 0 Å². The van der Waals surface area contributed by atoms with Gasteiger partial charge < -0.3 is 11.1 Å². The number of piperidine rings is 1. The lowest BCUT2D eigenvalue weighted by Crippen LogP contribution is -2.44. The summed E-state index contributed by atoms with van der Waals surface area (Å²) in [4.78, 5) is 13.5. The van der Waals surface area contributed by atoms with E-state index in [0.717, 1.165) is 25.9 Å². The van der Waals surface area contributed by atoms with Gasteiger partial charge in [0.2, 0.25) is 5.91 Å². The van der Waals surface area contributed by atoms with Crippen molar-refractivity contribution in [2.45, 2.75) is 18.9 Å². The maximum absolute atomic E-state index is 11.4. The number of nitrogens with two attached hydrogens (primary N) is 1. The number of amides is 1. The van der Waals surface area contributed by atoms with E-state index in [0.29, 0.717) is 24.2 Å². The van der Waals surface area contributed by atoms with Crippen LogP contribution in [0, 0.1) is 0 Å². The molecule has 0 saturated carbocycles. The molecule has 1 rings (SSSR count). The van der Waals surface area contributed by atoms with E-state index in [-0.39, 0.29) is 5.91 Å². The SMILES string of the molecule is C=C(Cl)CNC(=O)CN1CCC(N)CC1. The molecule has 0 aromatic rings. The Labute approximate surface area is 95.4 Å². The Kier molecular flexibility index (Phi) is 5.08. The third kappa shape index (κ3) is 5.16. The summed E-state index contributed by atoms with van der Waals surface area (Å²) in [5.41, 5.74) is 5.77. The fraction of sp³-hybridized carbons (Fsp3) is 0.700. The lowest BCUT2D eigenvalue weighted by molar-refractivity contribution is -0.122. The van der Waals surface area contributed by atoms with Crippen LogP contribution in [0.15, 0.2) is 11.6 Å². The Hall–Kier alpha value is -0.580. The maximum atomic E-state index is 11.4. The van der Waals surface area contributed by atoms with Gasteiger partial charge in [0.05, 0.1) is 13.1 Å². The van der Waals surface area contributed by atoms with Crippen LogP contribution in [0.2, 0.25) is 0 Å². The number of nitrogens with one attached hydrogen (secondary N) is 1. The molecule has 0 aliphatic carbocycles. The highest BCUT2D eigenvalue weighted by Crippen LogP contribution is 2.07. The molecular weight excluding hydrogens is 214 g/mol. The molecule has 1 aliphatic rings. The minimum Gasteiger partial charge on any atom is -0.350 e. The summed E-state index contributed by atoms with van der Waals surface area (Å²) < 4.78 is 0. The van der Waals surface area contributed by atoms with Crippen molar-refractivity contribution in [3.8, 4) is 0 Å². The predicted molar refractivity (Wildman–Crippen MR) is 61.7 cm³/mol. The van der Waals surface area contributed by atoms with Gasteiger partial charge in [0.15, 0.2) is 0 Å². The zero-order chi connectivity index (χ0) is 11.3. The average Bonchev–Trinajstić information content (AvgIpc) is 2.19. The standard InChI is InChI=1S/C10H18ClN3O/c1-8(11)6-13-10(15)7-14-4-2-9(12)3-5-14/h9H,1-7,12H2,(H,13,15). The predicted octanol–water partition coefficient (Wildman–Crippen LogP) is 0.278. The molecule has 5 heteroatoms. The summed E-state index contributed by atoms with van der Waals surface area (Å²) in [6.07, 6.45) is 1.94. The Morgan fingerprint density at radius 1 is 1.53 bits per heavy atom. The number of carbonyl (C=O) groups excluding carboxylic acids is 1. The topological polar surface area (TPSA) is 58.4 Å². The fourth-order valence-electron chi connectivity index (χ4n) is 1.56. The third-order valence-electron chi connectivity index (χ3n) is 2.48. The molecule has 0 spiro atoms. The van der Waals surface area contributed by atoms with Crippen molar-refractivity contribution < 1.29 is 4.79 Å². The molecule has 1 amide bonds. The van der Waals surface area contributed by atoms with Gasteiger partial charge in [0.1, 0.15) is 0 Å². The second-order valence-electron chi connectivity index (χ2n) is 3.91. The zero-order valence-corrected chi connectivity index (χ0v) is 9.59. The van der Waals surface area contributed by atoms with Gasteiger partial charge in [-0.15, -0.1) is 0 Å². The van der Waals surface area contributed by atoms with E-state index in [1.165, 1.54) is 0 Å². The smallest absolute Gasteiger partial charge is 0.234 e. The first-order chi connectivity index (χ1) is 7.08. The quantitative estimate of drug-likeness (QED) is 0.731. The Balaban J connectivity index is 2.17. The van der Waals surface area contributed by atoms with E-state index in [1.54, 1.807) is 0 Å². The molecule has 0 aromatic heterocycles. The summed E-state index contributed by atoms with van der Waals surface area (Å²) in [5, 5.41) is 3.15. The van der Waals surface area contributed by atoms with Crippen LogP contribution in [0.3, 0.4) is 0 Å². The van der Waals surface area contributed by atoms with E-state index in [1.807, 2.05) is 0 Å². The number of hydrogen-bond acceptors (Lipinski definition) is 3. The molecule has 1 aliphatic heterocycles. The first-order valence-corrected chi connectivity index (χ1v) is 5.53.